The number of methoxy groups -OCH3 is 1. The van der Waals surface area contributed by atoms with Crippen LogP contribution >= 0.6 is 27.3 Å². The molecule has 0 fully saturated rings. The Morgan fingerprint density at radius 3 is 2.48 bits per heavy atom. The lowest BCUT2D eigenvalue weighted by Gasteiger charge is -2.10. The molecule has 0 saturated heterocycles. The Labute approximate surface area is 176 Å². The number of thiophene rings is 1. The van der Waals surface area contributed by atoms with Gasteiger partial charge < -0.3 is 10.1 Å². The first-order valence-corrected chi connectivity index (χ1v) is 9.99. The number of hydrogen-bond donors (Lipinski definition) is 1. The molecule has 0 bridgehead atoms. The number of aromatic nitrogens is 4. The lowest BCUT2D eigenvalue weighted by molar-refractivity contribution is -0.116. The van der Waals surface area contributed by atoms with Crippen molar-refractivity contribution >= 4 is 55.3 Å². The van der Waals surface area contributed by atoms with Gasteiger partial charge in [-0.2, -0.15) is 0 Å². The highest BCUT2D eigenvalue weighted by Gasteiger charge is 2.23. The number of hydrogen-bond acceptors (Lipinski definition) is 7. The molecule has 29 heavy (non-hydrogen) atoms. The van der Waals surface area contributed by atoms with Gasteiger partial charge in [0.2, 0.25) is 5.91 Å². The monoisotopic (exact) mass is 483 g/mol. The van der Waals surface area contributed by atoms with Gasteiger partial charge in [0.1, 0.15) is 11.5 Å². The highest BCUT2D eigenvalue weighted by molar-refractivity contribution is 9.10. The molecule has 10 nitrogen and oxygen atoms in total. The molecule has 3 aromatic rings. The summed E-state index contributed by atoms with van der Waals surface area (Å²) in [5.74, 6) is -0.994. The first kappa shape index (κ1) is 21.0. The third-order valence-corrected chi connectivity index (χ3v) is 6.35. The van der Waals surface area contributed by atoms with Crippen LogP contribution in [-0.2, 0) is 30.2 Å². The number of amides is 1. The van der Waals surface area contributed by atoms with Crippen molar-refractivity contribution in [1.29, 1.82) is 0 Å². The molecule has 0 aliphatic carbocycles. The molecule has 0 atom stereocenters. The number of ether oxygens (including phenoxy) is 1. The number of rotatable bonds is 4. The molecule has 0 spiro atoms. The molecule has 1 N–H and O–H groups in total. The van der Waals surface area contributed by atoms with Crippen molar-refractivity contribution in [2.24, 2.45) is 14.1 Å². The van der Waals surface area contributed by atoms with Crippen molar-refractivity contribution in [1.82, 2.24) is 18.7 Å². The van der Waals surface area contributed by atoms with Crippen LogP contribution in [0.3, 0.4) is 0 Å². The van der Waals surface area contributed by atoms with Crippen molar-refractivity contribution in [3.8, 4) is 0 Å². The molecule has 0 saturated carbocycles. The standard InChI is InChI=1S/C17H18BrN5O5S/c1-7-8(2)29-12(10(7)15(26)28-5)19-9(24)6-23-13-11(20-16(23)18)14(25)22(4)17(27)21(13)3/h6H2,1-5H3,(H,19,24). The quantitative estimate of drug-likeness (QED) is 0.441. The zero-order chi connectivity index (χ0) is 21.6. The number of carbonyl (C=O) groups is 2. The van der Waals surface area contributed by atoms with Crippen LogP contribution in [0.15, 0.2) is 14.3 Å². The van der Waals surface area contributed by atoms with E-state index in [4.69, 9.17) is 4.74 Å². The fourth-order valence-electron chi connectivity index (χ4n) is 2.98. The summed E-state index contributed by atoms with van der Waals surface area (Å²) in [5.41, 5.74) is 0.227. The lowest BCUT2D eigenvalue weighted by atomic mass is 10.1. The zero-order valence-electron chi connectivity index (χ0n) is 16.3. The van der Waals surface area contributed by atoms with Gasteiger partial charge in [0.05, 0.1) is 12.7 Å². The molecule has 0 radical (unpaired) electrons. The maximum Gasteiger partial charge on any atom is 0.341 e. The first-order chi connectivity index (χ1) is 13.6. The van der Waals surface area contributed by atoms with Crippen LogP contribution < -0.4 is 16.6 Å². The fourth-order valence-corrected chi connectivity index (χ4v) is 4.51. The van der Waals surface area contributed by atoms with Crippen LogP contribution in [0.1, 0.15) is 20.8 Å². The van der Waals surface area contributed by atoms with Gasteiger partial charge in [-0.15, -0.1) is 11.3 Å². The van der Waals surface area contributed by atoms with E-state index in [1.54, 1.807) is 6.92 Å². The minimum Gasteiger partial charge on any atom is -0.465 e. The van der Waals surface area contributed by atoms with E-state index < -0.39 is 23.1 Å². The third kappa shape index (κ3) is 3.42. The second kappa shape index (κ2) is 7.59. The van der Waals surface area contributed by atoms with Gasteiger partial charge in [0.25, 0.3) is 5.56 Å². The number of halogens is 1. The Balaban J connectivity index is 2.02. The zero-order valence-corrected chi connectivity index (χ0v) is 18.7. The maximum absolute atomic E-state index is 12.7. The van der Waals surface area contributed by atoms with E-state index >= 15 is 0 Å². The number of anilines is 1. The summed E-state index contributed by atoms with van der Waals surface area (Å²) in [4.78, 5) is 54.4. The van der Waals surface area contributed by atoms with Gasteiger partial charge in [-0.25, -0.2) is 14.6 Å². The largest absolute Gasteiger partial charge is 0.465 e. The fraction of sp³-hybridized carbons (Fsp3) is 0.353. The molecule has 0 aliphatic heterocycles. The van der Waals surface area contributed by atoms with Gasteiger partial charge in [0, 0.05) is 19.0 Å². The van der Waals surface area contributed by atoms with Crippen LogP contribution in [0.4, 0.5) is 5.00 Å². The van der Waals surface area contributed by atoms with Crippen molar-refractivity contribution in [3.05, 3.63) is 41.6 Å². The summed E-state index contributed by atoms with van der Waals surface area (Å²) in [6.45, 7) is 3.39. The summed E-state index contributed by atoms with van der Waals surface area (Å²) in [7, 11) is 4.13. The predicted octanol–water partition coefficient (Wildman–Crippen LogP) is 1.30. The molecule has 0 aromatic carbocycles. The molecule has 3 aromatic heterocycles. The first-order valence-electron chi connectivity index (χ1n) is 8.38. The summed E-state index contributed by atoms with van der Waals surface area (Å²) in [6.07, 6.45) is 0. The van der Waals surface area contributed by atoms with E-state index in [2.05, 4.69) is 26.2 Å². The minimum atomic E-state index is -0.555. The Morgan fingerprint density at radius 2 is 1.86 bits per heavy atom. The molecule has 12 heteroatoms. The predicted molar refractivity (Wildman–Crippen MR) is 112 cm³/mol. The lowest BCUT2D eigenvalue weighted by Crippen LogP contribution is -2.37. The van der Waals surface area contributed by atoms with Crippen molar-refractivity contribution < 1.29 is 14.3 Å². The normalized spacial score (nSPS) is 11.1. The molecule has 3 rings (SSSR count). The van der Waals surface area contributed by atoms with Gasteiger partial charge >= 0.3 is 11.7 Å². The number of nitrogens with one attached hydrogen (secondary N) is 1. The van der Waals surface area contributed by atoms with Crippen molar-refractivity contribution in [2.45, 2.75) is 20.4 Å². The van der Waals surface area contributed by atoms with Crippen LogP contribution in [-0.4, -0.2) is 37.7 Å². The summed E-state index contributed by atoms with van der Waals surface area (Å²) in [5, 5.41) is 3.09. The summed E-state index contributed by atoms with van der Waals surface area (Å²) < 4.78 is 8.65. The highest BCUT2D eigenvalue weighted by atomic mass is 79.9. The van der Waals surface area contributed by atoms with E-state index in [1.807, 2.05) is 6.92 Å². The number of esters is 1. The minimum absolute atomic E-state index is 0.0623. The average Bonchev–Trinajstić information content (AvgIpc) is 3.14. The Bertz CT molecular complexity index is 1280. The maximum atomic E-state index is 12.7. The van der Waals surface area contributed by atoms with Crippen molar-refractivity contribution in [3.63, 3.8) is 0 Å². The number of fused-ring (bicyclic) bond motifs is 1. The number of nitrogens with zero attached hydrogens (tertiary/aromatic N) is 4. The molecule has 0 aliphatic rings. The van der Waals surface area contributed by atoms with E-state index in [9.17, 15) is 19.2 Å². The van der Waals surface area contributed by atoms with Crippen LogP contribution in [0, 0.1) is 13.8 Å². The van der Waals surface area contributed by atoms with E-state index in [0.29, 0.717) is 10.6 Å². The Kier molecular flexibility index (Phi) is 5.50. The van der Waals surface area contributed by atoms with Crippen molar-refractivity contribution in [2.75, 3.05) is 12.4 Å². The van der Waals surface area contributed by atoms with E-state index in [0.717, 1.165) is 15.0 Å². The number of carbonyl (C=O) groups excluding carboxylic acids is 2. The molecule has 1 amide bonds. The molecule has 0 unspecified atom stereocenters. The van der Waals surface area contributed by atoms with Gasteiger partial charge in [-0.05, 0) is 35.3 Å². The Morgan fingerprint density at radius 1 is 1.21 bits per heavy atom. The van der Waals surface area contributed by atoms with Gasteiger partial charge in [-0.3, -0.25) is 23.3 Å². The van der Waals surface area contributed by atoms with E-state index in [-0.39, 0.29) is 22.4 Å². The molecular formula is C17H18BrN5O5S. The highest BCUT2D eigenvalue weighted by Crippen LogP contribution is 2.33. The van der Waals surface area contributed by atoms with Crippen LogP contribution in [0.5, 0.6) is 0 Å². The Hall–Kier alpha value is -2.73. The third-order valence-electron chi connectivity index (χ3n) is 4.62. The van der Waals surface area contributed by atoms with Gasteiger partial charge in [0.15, 0.2) is 15.9 Å². The average molecular weight is 484 g/mol. The smallest absolute Gasteiger partial charge is 0.341 e. The second-order valence-electron chi connectivity index (χ2n) is 6.37. The second-order valence-corrected chi connectivity index (χ2v) is 8.31. The SMILES string of the molecule is COC(=O)c1c(NC(=O)Cn2c(Br)nc3c(=O)n(C)c(=O)n(C)c32)sc(C)c1C. The molecule has 3 heterocycles. The molecule has 154 valence electrons. The van der Waals surface area contributed by atoms with Crippen LogP contribution in [0.25, 0.3) is 11.2 Å². The number of aryl methyl sites for hydroxylation is 2. The van der Waals surface area contributed by atoms with Gasteiger partial charge in [-0.1, -0.05) is 0 Å². The molecular weight excluding hydrogens is 466 g/mol. The summed E-state index contributed by atoms with van der Waals surface area (Å²) >= 11 is 4.51. The van der Waals surface area contributed by atoms with Crippen LogP contribution in [0.2, 0.25) is 0 Å². The van der Waals surface area contributed by atoms with E-state index in [1.165, 1.54) is 41.7 Å². The number of imidazole rings is 1. The topological polar surface area (TPSA) is 117 Å². The summed E-state index contributed by atoms with van der Waals surface area (Å²) in [6, 6.07) is 0.